The van der Waals surface area contributed by atoms with Crippen molar-refractivity contribution in [3.05, 3.63) is 230 Å². The quantitative estimate of drug-likeness (QED) is 0.161. The van der Waals surface area contributed by atoms with Crippen molar-refractivity contribution in [2.75, 3.05) is 0 Å². The molecule has 2 heterocycles. The highest BCUT2D eigenvalue weighted by Gasteiger charge is 2.28. The number of benzene rings is 9. The molecule has 2 aromatic heterocycles. The summed E-state index contributed by atoms with van der Waals surface area (Å²) < 4.78 is 2.45. The molecular weight excluding hydrogens is 753 g/mol. The fraction of sp³-hybridized carbons (Fsp3) is 0.0172. The van der Waals surface area contributed by atoms with Crippen LogP contribution in [0.3, 0.4) is 0 Å². The van der Waals surface area contributed by atoms with Gasteiger partial charge in [0.05, 0.1) is 11.0 Å². The first kappa shape index (κ1) is 35.7. The highest BCUT2D eigenvalue weighted by molar-refractivity contribution is 6.15. The minimum atomic E-state index is 0.633. The molecule has 9 aromatic carbocycles. The lowest BCUT2D eigenvalue weighted by Gasteiger charge is -2.17. The maximum absolute atomic E-state index is 5.30. The van der Waals surface area contributed by atoms with Gasteiger partial charge in [0.15, 0.2) is 17.5 Å². The van der Waals surface area contributed by atoms with E-state index in [0.29, 0.717) is 17.5 Å². The van der Waals surface area contributed by atoms with Gasteiger partial charge >= 0.3 is 0 Å². The molecule has 0 fully saturated rings. The Kier molecular flexibility index (Phi) is 8.53. The Labute approximate surface area is 360 Å². The minimum absolute atomic E-state index is 0.633. The fourth-order valence-corrected chi connectivity index (χ4v) is 9.43. The predicted octanol–water partition coefficient (Wildman–Crippen LogP) is 14.5. The molecule has 0 saturated heterocycles. The molecule has 290 valence electrons. The molecule has 11 aromatic rings. The zero-order valence-corrected chi connectivity index (χ0v) is 33.8. The Hall–Kier alpha value is -8.21. The Morgan fingerprint density at radius 3 is 1.60 bits per heavy atom. The summed E-state index contributed by atoms with van der Waals surface area (Å²) in [7, 11) is 0. The third-order valence-corrected chi connectivity index (χ3v) is 12.3. The highest BCUT2D eigenvalue weighted by atomic mass is 15.0. The van der Waals surface area contributed by atoms with E-state index in [2.05, 4.69) is 187 Å². The van der Waals surface area contributed by atoms with Crippen molar-refractivity contribution in [2.24, 2.45) is 0 Å². The standard InChI is InChI=1S/C58H38N4/c1-5-17-38(18-6-1)41-23-15-24-42(35-41)43-31-33-47(52(36-43)58-60-56(39-19-7-2-8-20-39)59-57(61-58)40-21-9-3-10-22-40)46-28-16-29-49-51(46)37-44-32-34-50-48-27-13-14-30-53(48)62(55(50)54(44)49)45-25-11-4-12-26-45/h1-36H,37H2. The Bertz CT molecular complexity index is 3410. The molecule has 0 unspecified atom stereocenters. The molecule has 0 spiro atoms. The van der Waals surface area contributed by atoms with Crippen LogP contribution in [0.15, 0.2) is 218 Å². The van der Waals surface area contributed by atoms with Crippen LogP contribution in [0.25, 0.3) is 106 Å². The topological polar surface area (TPSA) is 43.6 Å². The van der Waals surface area contributed by atoms with Crippen LogP contribution in [0.1, 0.15) is 11.1 Å². The Balaban J connectivity index is 1.10. The van der Waals surface area contributed by atoms with E-state index in [-0.39, 0.29) is 0 Å². The lowest BCUT2D eigenvalue weighted by atomic mass is 9.89. The van der Waals surface area contributed by atoms with Gasteiger partial charge in [0, 0.05) is 38.7 Å². The van der Waals surface area contributed by atoms with Gasteiger partial charge in [-0.3, -0.25) is 0 Å². The van der Waals surface area contributed by atoms with Crippen LogP contribution in [0, 0.1) is 0 Å². The largest absolute Gasteiger partial charge is 0.309 e. The monoisotopic (exact) mass is 790 g/mol. The van der Waals surface area contributed by atoms with Crippen molar-refractivity contribution in [2.45, 2.75) is 6.42 Å². The summed E-state index contributed by atoms with van der Waals surface area (Å²) in [6.07, 6.45) is 0.815. The van der Waals surface area contributed by atoms with Crippen LogP contribution in [-0.4, -0.2) is 19.5 Å². The molecule has 4 nitrogen and oxygen atoms in total. The lowest BCUT2D eigenvalue weighted by molar-refractivity contribution is 1.07. The lowest BCUT2D eigenvalue weighted by Crippen LogP contribution is -2.02. The minimum Gasteiger partial charge on any atom is -0.309 e. The highest BCUT2D eigenvalue weighted by Crippen LogP contribution is 2.49. The van der Waals surface area contributed by atoms with Crippen molar-refractivity contribution in [1.82, 2.24) is 19.5 Å². The van der Waals surface area contributed by atoms with Crippen molar-refractivity contribution in [3.63, 3.8) is 0 Å². The number of rotatable bonds is 7. The fourth-order valence-electron chi connectivity index (χ4n) is 9.43. The molecule has 4 heteroatoms. The maximum atomic E-state index is 5.30. The van der Waals surface area contributed by atoms with E-state index in [1.165, 1.54) is 60.8 Å². The SMILES string of the molecule is c1ccc(-c2cccc(-c3ccc(-c4cccc5c4Cc4ccc6c7ccccc7n(-c7ccccc7)c6c4-5)c(-c4nc(-c5ccccc5)nc(-c5ccccc5)n4)c3)c2)cc1. The molecule has 0 radical (unpaired) electrons. The number of hydrogen-bond donors (Lipinski definition) is 0. The summed E-state index contributed by atoms with van der Waals surface area (Å²) in [6.45, 7) is 0. The van der Waals surface area contributed by atoms with Crippen LogP contribution < -0.4 is 0 Å². The normalized spacial score (nSPS) is 11.8. The van der Waals surface area contributed by atoms with E-state index < -0.39 is 0 Å². The van der Waals surface area contributed by atoms with Crippen LogP contribution in [-0.2, 0) is 6.42 Å². The Morgan fingerprint density at radius 2 is 0.887 bits per heavy atom. The third kappa shape index (κ3) is 6.03. The molecule has 0 N–H and O–H groups in total. The summed E-state index contributed by atoms with van der Waals surface area (Å²) in [4.78, 5) is 15.7. The van der Waals surface area contributed by atoms with Crippen molar-refractivity contribution in [1.29, 1.82) is 0 Å². The van der Waals surface area contributed by atoms with Gasteiger partial charge in [0.1, 0.15) is 0 Å². The Morgan fingerprint density at radius 1 is 0.339 bits per heavy atom. The molecule has 62 heavy (non-hydrogen) atoms. The van der Waals surface area contributed by atoms with Crippen molar-refractivity contribution < 1.29 is 0 Å². The van der Waals surface area contributed by atoms with Crippen LogP contribution >= 0.6 is 0 Å². The summed E-state index contributed by atoms with van der Waals surface area (Å²) in [5.74, 6) is 1.91. The first-order valence-electron chi connectivity index (χ1n) is 21.2. The van der Waals surface area contributed by atoms with Crippen LogP contribution in [0.4, 0.5) is 0 Å². The second kappa shape index (κ2) is 14.8. The van der Waals surface area contributed by atoms with Crippen molar-refractivity contribution >= 4 is 21.8 Å². The maximum Gasteiger partial charge on any atom is 0.164 e. The molecule has 0 atom stereocenters. The first-order chi connectivity index (χ1) is 30.7. The predicted molar refractivity (Wildman–Crippen MR) is 255 cm³/mol. The van der Waals surface area contributed by atoms with Gasteiger partial charge in [-0.15, -0.1) is 0 Å². The molecule has 12 rings (SSSR count). The summed E-state index contributed by atoms with van der Waals surface area (Å²) >= 11 is 0. The summed E-state index contributed by atoms with van der Waals surface area (Å²) in [5.41, 5.74) is 18.5. The van der Waals surface area contributed by atoms with E-state index in [1.807, 2.05) is 36.4 Å². The zero-order valence-electron chi connectivity index (χ0n) is 33.8. The van der Waals surface area contributed by atoms with E-state index in [1.54, 1.807) is 0 Å². The molecule has 0 aliphatic heterocycles. The number of nitrogens with zero attached hydrogens (tertiary/aromatic N) is 4. The number of para-hydroxylation sites is 2. The van der Waals surface area contributed by atoms with Gasteiger partial charge in [-0.25, -0.2) is 15.0 Å². The molecule has 0 bridgehead atoms. The molecule has 0 amide bonds. The smallest absolute Gasteiger partial charge is 0.164 e. The molecular formula is C58H38N4. The number of fused-ring (bicyclic) bond motifs is 7. The van der Waals surface area contributed by atoms with Gasteiger partial charge < -0.3 is 4.57 Å². The number of aromatic nitrogens is 4. The first-order valence-corrected chi connectivity index (χ1v) is 21.2. The van der Waals surface area contributed by atoms with Crippen LogP contribution in [0.5, 0.6) is 0 Å². The number of hydrogen-bond acceptors (Lipinski definition) is 3. The average Bonchev–Trinajstić information content (AvgIpc) is 3.91. The van der Waals surface area contributed by atoms with E-state index in [4.69, 9.17) is 15.0 Å². The average molecular weight is 791 g/mol. The summed E-state index contributed by atoms with van der Waals surface area (Å²) in [5, 5.41) is 2.52. The zero-order chi connectivity index (χ0) is 41.0. The van der Waals surface area contributed by atoms with Gasteiger partial charge in [-0.2, -0.15) is 0 Å². The second-order valence-corrected chi connectivity index (χ2v) is 15.9. The van der Waals surface area contributed by atoms with Crippen LogP contribution in [0.2, 0.25) is 0 Å². The van der Waals surface area contributed by atoms with E-state index in [9.17, 15) is 0 Å². The molecule has 1 aliphatic rings. The van der Waals surface area contributed by atoms with Gasteiger partial charge in [-0.05, 0) is 86.8 Å². The molecule has 0 saturated carbocycles. The molecule has 1 aliphatic carbocycles. The van der Waals surface area contributed by atoms with E-state index >= 15 is 0 Å². The van der Waals surface area contributed by atoms with E-state index in [0.717, 1.165) is 45.5 Å². The van der Waals surface area contributed by atoms with Gasteiger partial charge in [0.25, 0.3) is 0 Å². The van der Waals surface area contributed by atoms with Gasteiger partial charge in [0.2, 0.25) is 0 Å². The second-order valence-electron chi connectivity index (χ2n) is 15.9. The van der Waals surface area contributed by atoms with Gasteiger partial charge in [-0.1, -0.05) is 188 Å². The summed E-state index contributed by atoms with van der Waals surface area (Å²) in [6, 6.07) is 77.7. The third-order valence-electron chi connectivity index (χ3n) is 12.3. The van der Waals surface area contributed by atoms with Crippen molar-refractivity contribution in [3.8, 4) is 84.4 Å².